The summed E-state index contributed by atoms with van der Waals surface area (Å²) >= 11 is 8.38. The van der Waals surface area contributed by atoms with Gasteiger partial charge in [-0.05, 0) is 47.9 Å². The van der Waals surface area contributed by atoms with Gasteiger partial charge in [-0.1, -0.05) is 31.5 Å². The van der Waals surface area contributed by atoms with E-state index in [1.165, 1.54) is 22.4 Å². The smallest absolute Gasteiger partial charge is 0.0452 e. The Labute approximate surface area is 113 Å². The summed E-state index contributed by atoms with van der Waals surface area (Å²) in [7, 11) is 0. The lowest BCUT2D eigenvalue weighted by molar-refractivity contribution is 0.428. The van der Waals surface area contributed by atoms with E-state index in [0.717, 1.165) is 17.3 Å². The second-order valence-corrected chi connectivity index (χ2v) is 6.28. The Morgan fingerprint density at radius 3 is 2.94 bits per heavy atom. The van der Waals surface area contributed by atoms with E-state index in [1.807, 2.05) is 11.8 Å². The Bertz CT molecular complexity index is 405. The highest BCUT2D eigenvalue weighted by molar-refractivity contribution is 7.98. The SMILES string of the molecule is CCNC1c2cc(C)cc(Cl)c2CSCC1C. The van der Waals surface area contributed by atoms with Crippen LogP contribution in [0.5, 0.6) is 0 Å². The number of halogens is 1. The van der Waals surface area contributed by atoms with Gasteiger partial charge in [0.05, 0.1) is 0 Å². The van der Waals surface area contributed by atoms with Crippen molar-refractivity contribution in [2.75, 3.05) is 12.3 Å². The molecule has 1 aromatic carbocycles. The van der Waals surface area contributed by atoms with Crippen LogP contribution >= 0.6 is 23.4 Å². The van der Waals surface area contributed by atoms with Crippen molar-refractivity contribution < 1.29 is 0 Å². The molecule has 17 heavy (non-hydrogen) atoms. The number of hydrogen-bond acceptors (Lipinski definition) is 2. The van der Waals surface area contributed by atoms with Crippen LogP contribution in [0.2, 0.25) is 5.02 Å². The van der Waals surface area contributed by atoms with Gasteiger partial charge in [-0.3, -0.25) is 0 Å². The van der Waals surface area contributed by atoms with E-state index in [0.29, 0.717) is 12.0 Å². The number of fused-ring (bicyclic) bond motifs is 1. The standard InChI is InChI=1S/C14H20ClNS/c1-4-16-14-10(3)7-17-8-12-11(14)5-9(2)6-13(12)15/h5-6,10,14,16H,4,7-8H2,1-3H3. The van der Waals surface area contributed by atoms with Crippen molar-refractivity contribution >= 4 is 23.4 Å². The fourth-order valence-electron chi connectivity index (χ4n) is 2.51. The largest absolute Gasteiger partial charge is 0.310 e. The van der Waals surface area contributed by atoms with Gasteiger partial charge < -0.3 is 5.32 Å². The number of thioether (sulfide) groups is 1. The molecule has 0 aliphatic carbocycles. The van der Waals surface area contributed by atoms with Crippen LogP contribution in [0.4, 0.5) is 0 Å². The Hall–Kier alpha value is -0.180. The third-order valence-electron chi connectivity index (χ3n) is 3.33. The molecular weight excluding hydrogens is 250 g/mol. The molecule has 0 fully saturated rings. The first-order valence-corrected chi connectivity index (χ1v) is 7.76. The summed E-state index contributed by atoms with van der Waals surface area (Å²) in [5, 5.41) is 4.55. The zero-order valence-corrected chi connectivity index (χ0v) is 12.3. The van der Waals surface area contributed by atoms with Crippen LogP contribution in [-0.2, 0) is 5.75 Å². The van der Waals surface area contributed by atoms with Gasteiger partial charge in [0.25, 0.3) is 0 Å². The number of nitrogens with one attached hydrogen (secondary N) is 1. The molecule has 2 rings (SSSR count). The second-order valence-electron chi connectivity index (χ2n) is 4.84. The van der Waals surface area contributed by atoms with Gasteiger partial charge in [0.15, 0.2) is 0 Å². The molecule has 0 saturated heterocycles. The van der Waals surface area contributed by atoms with E-state index in [-0.39, 0.29) is 0 Å². The van der Waals surface area contributed by atoms with Crippen molar-refractivity contribution in [3.8, 4) is 0 Å². The molecule has 0 spiro atoms. The molecule has 2 unspecified atom stereocenters. The highest BCUT2D eigenvalue weighted by Gasteiger charge is 2.25. The number of hydrogen-bond donors (Lipinski definition) is 1. The lowest BCUT2D eigenvalue weighted by atomic mass is 9.91. The first-order chi connectivity index (χ1) is 8.13. The van der Waals surface area contributed by atoms with Gasteiger partial charge in [-0.15, -0.1) is 0 Å². The molecule has 0 bridgehead atoms. The lowest BCUT2D eigenvalue weighted by Gasteiger charge is -2.24. The maximum absolute atomic E-state index is 6.39. The minimum atomic E-state index is 0.447. The van der Waals surface area contributed by atoms with Gasteiger partial charge in [0, 0.05) is 16.8 Å². The molecule has 1 heterocycles. The quantitative estimate of drug-likeness (QED) is 0.864. The highest BCUT2D eigenvalue weighted by Crippen LogP contribution is 2.38. The topological polar surface area (TPSA) is 12.0 Å². The van der Waals surface area contributed by atoms with Crippen LogP contribution in [0.3, 0.4) is 0 Å². The Morgan fingerprint density at radius 2 is 2.24 bits per heavy atom. The molecule has 0 saturated carbocycles. The molecule has 1 nitrogen and oxygen atoms in total. The van der Waals surface area contributed by atoms with Crippen molar-refractivity contribution in [2.45, 2.75) is 32.6 Å². The fraction of sp³-hybridized carbons (Fsp3) is 0.571. The third-order valence-corrected chi connectivity index (χ3v) is 4.92. The number of rotatable bonds is 2. The van der Waals surface area contributed by atoms with Crippen LogP contribution in [0.25, 0.3) is 0 Å². The predicted octanol–water partition coefficient (Wildman–Crippen LogP) is 4.18. The van der Waals surface area contributed by atoms with E-state index in [9.17, 15) is 0 Å². The summed E-state index contributed by atoms with van der Waals surface area (Å²) in [5.41, 5.74) is 4.00. The first-order valence-electron chi connectivity index (χ1n) is 6.23. The van der Waals surface area contributed by atoms with E-state index in [2.05, 4.69) is 38.2 Å². The maximum Gasteiger partial charge on any atom is 0.0452 e. The molecule has 0 aromatic heterocycles. The van der Waals surface area contributed by atoms with Crippen LogP contribution in [0, 0.1) is 12.8 Å². The summed E-state index contributed by atoms with van der Waals surface area (Å²) in [6, 6.07) is 4.83. The van der Waals surface area contributed by atoms with Crippen molar-refractivity contribution in [1.29, 1.82) is 0 Å². The van der Waals surface area contributed by atoms with E-state index in [1.54, 1.807) is 0 Å². The van der Waals surface area contributed by atoms with Crippen LogP contribution in [-0.4, -0.2) is 12.3 Å². The minimum Gasteiger partial charge on any atom is -0.310 e. The van der Waals surface area contributed by atoms with Crippen molar-refractivity contribution in [1.82, 2.24) is 5.32 Å². The van der Waals surface area contributed by atoms with Crippen LogP contribution in [0.15, 0.2) is 12.1 Å². The number of benzene rings is 1. The fourth-order valence-corrected chi connectivity index (χ4v) is 4.15. The summed E-state index contributed by atoms with van der Waals surface area (Å²) in [6.45, 7) is 7.62. The Balaban J connectivity index is 2.48. The summed E-state index contributed by atoms with van der Waals surface area (Å²) in [5.74, 6) is 2.89. The van der Waals surface area contributed by atoms with Gasteiger partial charge in [0.1, 0.15) is 0 Å². The molecule has 1 aliphatic heterocycles. The Kier molecular flexibility index (Phi) is 4.40. The highest BCUT2D eigenvalue weighted by atomic mass is 35.5. The van der Waals surface area contributed by atoms with Crippen LogP contribution in [0.1, 0.15) is 36.6 Å². The molecule has 1 aromatic rings. The monoisotopic (exact) mass is 269 g/mol. The van der Waals surface area contributed by atoms with Gasteiger partial charge in [-0.25, -0.2) is 0 Å². The predicted molar refractivity (Wildman–Crippen MR) is 77.9 cm³/mol. The van der Waals surface area contributed by atoms with Crippen molar-refractivity contribution in [3.05, 3.63) is 33.8 Å². The van der Waals surface area contributed by atoms with Crippen molar-refractivity contribution in [3.63, 3.8) is 0 Å². The molecule has 94 valence electrons. The maximum atomic E-state index is 6.39. The zero-order valence-electron chi connectivity index (χ0n) is 10.7. The first kappa shape index (κ1) is 13.3. The van der Waals surface area contributed by atoms with Gasteiger partial charge >= 0.3 is 0 Å². The molecule has 1 aliphatic rings. The van der Waals surface area contributed by atoms with Gasteiger partial charge in [-0.2, -0.15) is 11.8 Å². The zero-order chi connectivity index (χ0) is 12.4. The van der Waals surface area contributed by atoms with Gasteiger partial charge in [0.2, 0.25) is 0 Å². The second kappa shape index (κ2) is 5.64. The minimum absolute atomic E-state index is 0.447. The van der Waals surface area contributed by atoms with E-state index in [4.69, 9.17) is 11.6 Å². The average molecular weight is 270 g/mol. The molecule has 3 heteroatoms. The average Bonchev–Trinajstić information content (AvgIpc) is 2.41. The molecule has 0 amide bonds. The lowest BCUT2D eigenvalue weighted by Crippen LogP contribution is -2.27. The van der Waals surface area contributed by atoms with E-state index >= 15 is 0 Å². The molecular formula is C14H20ClNS. The summed E-state index contributed by atoms with van der Waals surface area (Å²) in [6.07, 6.45) is 0. The molecule has 2 atom stereocenters. The molecule has 0 radical (unpaired) electrons. The van der Waals surface area contributed by atoms with Crippen LogP contribution < -0.4 is 5.32 Å². The third kappa shape index (κ3) is 2.81. The summed E-state index contributed by atoms with van der Waals surface area (Å²) < 4.78 is 0. The Morgan fingerprint density at radius 1 is 1.47 bits per heavy atom. The summed E-state index contributed by atoms with van der Waals surface area (Å²) in [4.78, 5) is 0. The normalized spacial score (nSPS) is 24.2. The number of aryl methyl sites for hydroxylation is 1. The van der Waals surface area contributed by atoms with E-state index < -0.39 is 0 Å². The molecule has 1 N–H and O–H groups in total. The van der Waals surface area contributed by atoms with Crippen molar-refractivity contribution in [2.24, 2.45) is 5.92 Å².